The number of rotatable bonds is 7. The lowest BCUT2D eigenvalue weighted by atomic mass is 10.1. The number of benzene rings is 3. The molecular formula is C23H21NO3. The average Bonchev–Trinajstić information content (AvgIpc) is 2.72. The number of anilines is 1. The summed E-state index contributed by atoms with van der Waals surface area (Å²) in [5.74, 6) is -0.672. The molecule has 1 amide bonds. The Morgan fingerprint density at radius 3 is 1.81 bits per heavy atom. The molecule has 0 aliphatic carbocycles. The van der Waals surface area contributed by atoms with Crippen LogP contribution in [0, 0.1) is 0 Å². The fraction of sp³-hybridized carbons (Fsp3) is 0.130. The van der Waals surface area contributed by atoms with E-state index in [2.05, 4.69) is 0 Å². The Kier molecular flexibility index (Phi) is 6.36. The van der Waals surface area contributed by atoms with E-state index in [0.717, 1.165) is 16.8 Å². The molecule has 0 aliphatic rings. The molecule has 4 nitrogen and oxygen atoms in total. The van der Waals surface area contributed by atoms with Crippen LogP contribution in [0.15, 0.2) is 91.0 Å². The Morgan fingerprint density at radius 2 is 1.22 bits per heavy atom. The quantitative estimate of drug-likeness (QED) is 0.599. The van der Waals surface area contributed by atoms with Crippen LogP contribution in [0.25, 0.3) is 0 Å². The molecule has 136 valence electrons. The first kappa shape index (κ1) is 18.4. The Balaban J connectivity index is 1.65. The first-order chi connectivity index (χ1) is 13.2. The van der Waals surface area contributed by atoms with E-state index in [1.54, 1.807) is 4.90 Å². The summed E-state index contributed by atoms with van der Waals surface area (Å²) in [4.78, 5) is 26.4. The number of para-hydroxylation sites is 1. The molecule has 0 atom stereocenters. The first-order valence-corrected chi connectivity index (χ1v) is 8.81. The molecule has 0 fully saturated rings. The fourth-order valence-electron chi connectivity index (χ4n) is 2.73. The molecule has 0 N–H and O–H groups in total. The molecule has 3 rings (SSSR count). The minimum atomic E-state index is -0.415. The van der Waals surface area contributed by atoms with Crippen molar-refractivity contribution in [1.29, 1.82) is 0 Å². The van der Waals surface area contributed by atoms with Gasteiger partial charge in [0.2, 0.25) is 0 Å². The van der Waals surface area contributed by atoms with Gasteiger partial charge in [-0.3, -0.25) is 9.59 Å². The molecule has 0 aromatic heterocycles. The number of amides is 1. The minimum absolute atomic E-state index is 0.151. The lowest BCUT2D eigenvalue weighted by molar-refractivity contribution is -0.147. The van der Waals surface area contributed by atoms with Crippen molar-refractivity contribution in [3.63, 3.8) is 0 Å². The number of nitrogens with zero attached hydrogens (tertiary/aromatic N) is 1. The van der Waals surface area contributed by atoms with Crippen molar-refractivity contribution in [3.8, 4) is 0 Å². The lowest BCUT2D eigenvalue weighted by Gasteiger charge is -2.23. The van der Waals surface area contributed by atoms with Crippen LogP contribution in [0.3, 0.4) is 0 Å². The summed E-state index contributed by atoms with van der Waals surface area (Å²) in [5.41, 5.74) is 2.63. The van der Waals surface area contributed by atoms with Crippen molar-refractivity contribution in [2.24, 2.45) is 0 Å². The predicted molar refractivity (Wildman–Crippen MR) is 105 cm³/mol. The molecule has 3 aromatic carbocycles. The van der Waals surface area contributed by atoms with Crippen LogP contribution in [0.1, 0.15) is 11.1 Å². The van der Waals surface area contributed by atoms with Gasteiger partial charge in [-0.25, -0.2) is 0 Å². The zero-order chi connectivity index (χ0) is 18.9. The van der Waals surface area contributed by atoms with Gasteiger partial charge in [-0.15, -0.1) is 0 Å². The molecule has 4 heteroatoms. The van der Waals surface area contributed by atoms with E-state index in [4.69, 9.17) is 4.74 Å². The van der Waals surface area contributed by atoms with Crippen LogP contribution in [0.4, 0.5) is 5.69 Å². The molecule has 0 unspecified atom stereocenters. The molecule has 0 spiro atoms. The van der Waals surface area contributed by atoms with Crippen LogP contribution in [0.5, 0.6) is 0 Å². The maximum absolute atomic E-state index is 12.8. The van der Waals surface area contributed by atoms with Crippen molar-refractivity contribution < 1.29 is 14.3 Å². The maximum Gasteiger partial charge on any atom is 0.310 e. The molecule has 3 aromatic rings. The van der Waals surface area contributed by atoms with Crippen molar-refractivity contribution in [2.75, 3.05) is 11.5 Å². The van der Waals surface area contributed by atoms with Gasteiger partial charge in [0.15, 0.2) is 6.61 Å². The second kappa shape index (κ2) is 9.34. The second-order valence-corrected chi connectivity index (χ2v) is 6.12. The van der Waals surface area contributed by atoms with Crippen molar-refractivity contribution >= 4 is 17.6 Å². The van der Waals surface area contributed by atoms with Gasteiger partial charge in [0.25, 0.3) is 5.91 Å². The number of ether oxygens (including phenoxy) is 1. The SMILES string of the molecule is O=C(Cc1ccccc1)OCC(=O)N(Cc1ccccc1)c1ccccc1. The standard InChI is InChI=1S/C23H21NO3/c25-22(18-27-23(26)16-19-10-4-1-5-11-19)24(21-14-8-3-9-15-21)17-20-12-6-2-7-13-20/h1-15H,16-18H2. The third kappa shape index (κ3) is 5.54. The maximum atomic E-state index is 12.8. The molecule has 0 heterocycles. The first-order valence-electron chi connectivity index (χ1n) is 8.81. The highest BCUT2D eigenvalue weighted by atomic mass is 16.5. The van der Waals surface area contributed by atoms with Gasteiger partial charge in [0, 0.05) is 5.69 Å². The Hall–Kier alpha value is -3.40. The summed E-state index contributed by atoms with van der Waals surface area (Å²) in [6, 6.07) is 28.4. The monoisotopic (exact) mass is 359 g/mol. The fourth-order valence-corrected chi connectivity index (χ4v) is 2.73. The zero-order valence-corrected chi connectivity index (χ0v) is 15.0. The summed E-state index contributed by atoms with van der Waals surface area (Å²) >= 11 is 0. The normalized spacial score (nSPS) is 10.2. The topological polar surface area (TPSA) is 46.6 Å². The van der Waals surface area contributed by atoms with Crippen LogP contribution in [-0.4, -0.2) is 18.5 Å². The van der Waals surface area contributed by atoms with E-state index in [9.17, 15) is 9.59 Å². The summed E-state index contributed by atoms with van der Waals surface area (Å²) in [5, 5.41) is 0. The highest BCUT2D eigenvalue weighted by Crippen LogP contribution is 2.17. The van der Waals surface area contributed by atoms with Crippen molar-refractivity contribution in [1.82, 2.24) is 0 Å². The highest BCUT2D eigenvalue weighted by Gasteiger charge is 2.18. The smallest absolute Gasteiger partial charge is 0.310 e. The van der Waals surface area contributed by atoms with E-state index < -0.39 is 5.97 Å². The Bertz CT molecular complexity index is 864. The molecule has 0 aliphatic heterocycles. The van der Waals surface area contributed by atoms with E-state index in [1.807, 2.05) is 91.0 Å². The molecule has 0 saturated heterocycles. The average molecular weight is 359 g/mol. The van der Waals surface area contributed by atoms with Gasteiger partial charge >= 0.3 is 5.97 Å². The number of esters is 1. The highest BCUT2D eigenvalue weighted by molar-refractivity contribution is 5.95. The van der Waals surface area contributed by atoms with Crippen LogP contribution < -0.4 is 4.90 Å². The third-order valence-corrected chi connectivity index (χ3v) is 4.10. The summed E-state index contributed by atoms with van der Waals surface area (Å²) in [7, 11) is 0. The molecule has 0 saturated carbocycles. The van der Waals surface area contributed by atoms with Gasteiger partial charge in [-0.2, -0.15) is 0 Å². The predicted octanol–water partition coefficient (Wildman–Crippen LogP) is 4.01. The molecule has 0 bridgehead atoms. The van der Waals surface area contributed by atoms with E-state index in [1.165, 1.54) is 0 Å². The molecular weight excluding hydrogens is 338 g/mol. The van der Waals surface area contributed by atoms with Gasteiger partial charge in [-0.1, -0.05) is 78.9 Å². The summed E-state index contributed by atoms with van der Waals surface area (Å²) in [6.45, 7) is 0.132. The van der Waals surface area contributed by atoms with Gasteiger partial charge in [-0.05, 0) is 23.3 Å². The largest absolute Gasteiger partial charge is 0.455 e. The molecule has 27 heavy (non-hydrogen) atoms. The Morgan fingerprint density at radius 1 is 0.704 bits per heavy atom. The third-order valence-electron chi connectivity index (χ3n) is 4.10. The summed E-state index contributed by atoms with van der Waals surface area (Å²) in [6.07, 6.45) is 0.151. The lowest BCUT2D eigenvalue weighted by Crippen LogP contribution is -2.34. The van der Waals surface area contributed by atoms with Gasteiger partial charge < -0.3 is 9.64 Å². The van der Waals surface area contributed by atoms with E-state index in [-0.39, 0.29) is 18.9 Å². The number of carbonyl (C=O) groups is 2. The van der Waals surface area contributed by atoms with Crippen molar-refractivity contribution in [2.45, 2.75) is 13.0 Å². The van der Waals surface area contributed by atoms with E-state index >= 15 is 0 Å². The zero-order valence-electron chi connectivity index (χ0n) is 15.0. The number of hydrogen-bond donors (Lipinski definition) is 0. The second-order valence-electron chi connectivity index (χ2n) is 6.12. The van der Waals surface area contributed by atoms with E-state index in [0.29, 0.717) is 6.54 Å². The van der Waals surface area contributed by atoms with Crippen molar-refractivity contribution in [3.05, 3.63) is 102 Å². The van der Waals surface area contributed by atoms with Crippen LogP contribution in [0.2, 0.25) is 0 Å². The van der Waals surface area contributed by atoms with Crippen LogP contribution in [-0.2, 0) is 27.3 Å². The van der Waals surface area contributed by atoms with Gasteiger partial charge in [0.1, 0.15) is 0 Å². The number of carbonyl (C=O) groups excluding carboxylic acids is 2. The minimum Gasteiger partial charge on any atom is -0.455 e. The number of hydrogen-bond acceptors (Lipinski definition) is 3. The summed E-state index contributed by atoms with van der Waals surface area (Å²) < 4.78 is 5.22. The van der Waals surface area contributed by atoms with Crippen LogP contribution >= 0.6 is 0 Å². The van der Waals surface area contributed by atoms with Gasteiger partial charge in [0.05, 0.1) is 13.0 Å². The Labute approximate surface area is 159 Å². The molecule has 0 radical (unpaired) electrons.